The molecule has 0 N–H and O–H groups in total. The van der Waals surface area contributed by atoms with Crippen LogP contribution in [0.4, 0.5) is 4.39 Å². The van der Waals surface area contributed by atoms with Crippen molar-refractivity contribution in [3.05, 3.63) is 60.5 Å². The SMILES string of the molecule is C=CC(C(=C)C)c1ccccc1F. The maximum Gasteiger partial charge on any atom is 0.127 e. The maximum atomic E-state index is 13.3. The third-order valence-corrected chi connectivity index (χ3v) is 2.01. The van der Waals surface area contributed by atoms with Crippen LogP contribution in [-0.2, 0) is 0 Å². The van der Waals surface area contributed by atoms with Gasteiger partial charge in [0, 0.05) is 5.92 Å². The van der Waals surface area contributed by atoms with Gasteiger partial charge in [-0.2, -0.15) is 0 Å². The molecule has 0 bridgehead atoms. The molecule has 1 aromatic rings. The van der Waals surface area contributed by atoms with Crippen molar-refractivity contribution in [1.29, 1.82) is 0 Å². The lowest BCUT2D eigenvalue weighted by Gasteiger charge is -2.12. The summed E-state index contributed by atoms with van der Waals surface area (Å²) in [6, 6.07) is 6.71. The fourth-order valence-corrected chi connectivity index (χ4v) is 1.32. The van der Waals surface area contributed by atoms with E-state index in [1.807, 2.05) is 13.0 Å². The first-order chi connectivity index (χ1) is 6.16. The monoisotopic (exact) mass is 176 g/mol. The van der Waals surface area contributed by atoms with E-state index in [9.17, 15) is 4.39 Å². The molecule has 68 valence electrons. The van der Waals surface area contributed by atoms with E-state index in [4.69, 9.17) is 0 Å². The minimum atomic E-state index is -0.199. The Labute approximate surface area is 78.4 Å². The van der Waals surface area contributed by atoms with Gasteiger partial charge in [-0.3, -0.25) is 0 Å². The van der Waals surface area contributed by atoms with Crippen LogP contribution in [0.25, 0.3) is 0 Å². The average Bonchev–Trinajstić information content (AvgIpc) is 2.09. The summed E-state index contributed by atoms with van der Waals surface area (Å²) in [4.78, 5) is 0. The van der Waals surface area contributed by atoms with Crippen LogP contribution in [-0.4, -0.2) is 0 Å². The average molecular weight is 176 g/mol. The lowest BCUT2D eigenvalue weighted by atomic mass is 9.93. The molecule has 1 rings (SSSR count). The molecule has 0 aliphatic rings. The molecule has 0 amide bonds. The van der Waals surface area contributed by atoms with Gasteiger partial charge in [0.2, 0.25) is 0 Å². The third-order valence-electron chi connectivity index (χ3n) is 2.01. The highest BCUT2D eigenvalue weighted by Gasteiger charge is 2.11. The van der Waals surface area contributed by atoms with Crippen LogP contribution in [0, 0.1) is 5.82 Å². The molecule has 0 saturated carbocycles. The van der Waals surface area contributed by atoms with Crippen LogP contribution in [0.3, 0.4) is 0 Å². The molecule has 1 unspecified atom stereocenters. The molecule has 1 heteroatoms. The molecular weight excluding hydrogens is 163 g/mol. The highest BCUT2D eigenvalue weighted by molar-refractivity contribution is 5.32. The largest absolute Gasteiger partial charge is 0.207 e. The Kier molecular flexibility index (Phi) is 3.02. The summed E-state index contributed by atoms with van der Waals surface area (Å²) in [5, 5.41) is 0. The second-order valence-corrected chi connectivity index (χ2v) is 3.08. The van der Waals surface area contributed by atoms with Crippen LogP contribution in [0.15, 0.2) is 49.1 Å². The molecule has 13 heavy (non-hydrogen) atoms. The highest BCUT2D eigenvalue weighted by Crippen LogP contribution is 2.25. The van der Waals surface area contributed by atoms with E-state index in [1.54, 1.807) is 18.2 Å². The standard InChI is InChI=1S/C12H13F/c1-4-10(9(2)3)11-7-5-6-8-12(11)13/h4-8,10H,1-2H2,3H3. The van der Waals surface area contributed by atoms with Crippen molar-refractivity contribution in [2.75, 3.05) is 0 Å². The van der Waals surface area contributed by atoms with E-state index < -0.39 is 0 Å². The summed E-state index contributed by atoms with van der Waals surface area (Å²) in [6.07, 6.45) is 1.71. The van der Waals surface area contributed by atoms with Crippen LogP contribution >= 0.6 is 0 Å². The zero-order valence-corrected chi connectivity index (χ0v) is 7.76. The zero-order valence-electron chi connectivity index (χ0n) is 7.76. The molecule has 0 saturated heterocycles. The highest BCUT2D eigenvalue weighted by atomic mass is 19.1. The second kappa shape index (κ2) is 4.04. The summed E-state index contributed by atoms with van der Waals surface area (Å²) in [6.45, 7) is 9.35. The van der Waals surface area contributed by atoms with Gasteiger partial charge in [0.15, 0.2) is 0 Å². The van der Waals surface area contributed by atoms with E-state index in [-0.39, 0.29) is 11.7 Å². The van der Waals surface area contributed by atoms with Crippen LogP contribution < -0.4 is 0 Å². The Morgan fingerprint density at radius 2 is 2.08 bits per heavy atom. The van der Waals surface area contributed by atoms with Crippen molar-refractivity contribution in [1.82, 2.24) is 0 Å². The third kappa shape index (κ3) is 2.05. The molecule has 0 aromatic heterocycles. The molecule has 0 fully saturated rings. The topological polar surface area (TPSA) is 0 Å². The normalized spacial score (nSPS) is 12.2. The number of halogens is 1. The molecule has 0 aliphatic carbocycles. The number of hydrogen-bond donors (Lipinski definition) is 0. The summed E-state index contributed by atoms with van der Waals surface area (Å²) in [7, 11) is 0. The lowest BCUT2D eigenvalue weighted by Crippen LogP contribution is -1.98. The smallest absolute Gasteiger partial charge is 0.127 e. The second-order valence-electron chi connectivity index (χ2n) is 3.08. The van der Waals surface area contributed by atoms with Gasteiger partial charge < -0.3 is 0 Å². The van der Waals surface area contributed by atoms with E-state index in [2.05, 4.69) is 13.2 Å². The van der Waals surface area contributed by atoms with Gasteiger partial charge in [-0.15, -0.1) is 6.58 Å². The lowest BCUT2D eigenvalue weighted by molar-refractivity contribution is 0.607. The fourth-order valence-electron chi connectivity index (χ4n) is 1.32. The Hall–Kier alpha value is -1.37. The van der Waals surface area contributed by atoms with Crippen molar-refractivity contribution >= 4 is 0 Å². The van der Waals surface area contributed by atoms with E-state index in [0.29, 0.717) is 5.56 Å². The molecular formula is C12H13F. The van der Waals surface area contributed by atoms with Crippen LogP contribution in [0.1, 0.15) is 18.4 Å². The fraction of sp³-hybridized carbons (Fsp3) is 0.167. The van der Waals surface area contributed by atoms with Gasteiger partial charge in [0.25, 0.3) is 0 Å². The molecule has 0 radical (unpaired) electrons. The van der Waals surface area contributed by atoms with E-state index in [1.165, 1.54) is 6.07 Å². The first-order valence-electron chi connectivity index (χ1n) is 4.19. The number of benzene rings is 1. The quantitative estimate of drug-likeness (QED) is 0.616. The Morgan fingerprint density at radius 3 is 2.54 bits per heavy atom. The van der Waals surface area contributed by atoms with Crippen molar-refractivity contribution in [3.63, 3.8) is 0 Å². The Balaban J connectivity index is 3.12. The minimum absolute atomic E-state index is 0.0822. The first kappa shape index (κ1) is 9.72. The Morgan fingerprint density at radius 1 is 1.46 bits per heavy atom. The summed E-state index contributed by atoms with van der Waals surface area (Å²) < 4.78 is 13.3. The van der Waals surface area contributed by atoms with Gasteiger partial charge in [-0.25, -0.2) is 4.39 Å². The van der Waals surface area contributed by atoms with Crippen molar-refractivity contribution < 1.29 is 4.39 Å². The van der Waals surface area contributed by atoms with Gasteiger partial charge in [0.1, 0.15) is 5.82 Å². The summed E-state index contributed by atoms with van der Waals surface area (Å²) >= 11 is 0. The van der Waals surface area contributed by atoms with Crippen molar-refractivity contribution in [3.8, 4) is 0 Å². The molecule has 0 aliphatic heterocycles. The Bertz CT molecular complexity index is 326. The first-order valence-corrected chi connectivity index (χ1v) is 4.19. The van der Waals surface area contributed by atoms with E-state index >= 15 is 0 Å². The van der Waals surface area contributed by atoms with Crippen molar-refractivity contribution in [2.24, 2.45) is 0 Å². The minimum Gasteiger partial charge on any atom is -0.207 e. The zero-order chi connectivity index (χ0) is 9.84. The van der Waals surface area contributed by atoms with Crippen LogP contribution in [0.5, 0.6) is 0 Å². The van der Waals surface area contributed by atoms with Crippen molar-refractivity contribution in [2.45, 2.75) is 12.8 Å². The van der Waals surface area contributed by atoms with Gasteiger partial charge in [0.05, 0.1) is 0 Å². The summed E-state index contributed by atoms with van der Waals surface area (Å²) in [5.41, 5.74) is 1.55. The number of rotatable bonds is 3. The molecule has 0 nitrogen and oxygen atoms in total. The molecule has 1 aromatic carbocycles. The molecule has 1 atom stereocenters. The summed E-state index contributed by atoms with van der Waals surface area (Å²) in [5.74, 6) is -0.281. The van der Waals surface area contributed by atoms with Gasteiger partial charge in [-0.1, -0.05) is 36.4 Å². The predicted molar refractivity (Wildman–Crippen MR) is 54.2 cm³/mol. The number of hydrogen-bond acceptors (Lipinski definition) is 0. The molecule has 0 spiro atoms. The predicted octanol–water partition coefficient (Wildman–Crippen LogP) is 3.67. The van der Waals surface area contributed by atoms with Gasteiger partial charge >= 0.3 is 0 Å². The van der Waals surface area contributed by atoms with E-state index in [0.717, 1.165) is 5.57 Å². The van der Waals surface area contributed by atoms with Crippen LogP contribution in [0.2, 0.25) is 0 Å². The molecule has 0 heterocycles. The number of allylic oxidation sites excluding steroid dienone is 2. The maximum absolute atomic E-state index is 13.3. The van der Waals surface area contributed by atoms with Gasteiger partial charge in [-0.05, 0) is 18.6 Å².